The van der Waals surface area contributed by atoms with E-state index in [9.17, 15) is 0 Å². The van der Waals surface area contributed by atoms with Gasteiger partial charge in [-0.2, -0.15) is 0 Å². The quantitative estimate of drug-likeness (QED) is 0.283. The highest BCUT2D eigenvalue weighted by atomic mass is 15.5. The molecular formula is C31H25N3. The summed E-state index contributed by atoms with van der Waals surface area (Å²) in [4.78, 5) is 2.40. The largest absolute Gasteiger partial charge is 0.315 e. The highest BCUT2D eigenvalue weighted by Gasteiger charge is 2.33. The van der Waals surface area contributed by atoms with Gasteiger partial charge in [0.25, 0.3) is 0 Å². The van der Waals surface area contributed by atoms with E-state index in [-0.39, 0.29) is 6.04 Å². The number of hydrazone groups is 1. The third-order valence-corrected chi connectivity index (χ3v) is 6.47. The second kappa shape index (κ2) is 8.53. The van der Waals surface area contributed by atoms with Gasteiger partial charge in [-0.3, -0.25) is 0 Å². The highest BCUT2D eigenvalue weighted by Crippen LogP contribution is 2.46. The van der Waals surface area contributed by atoms with Gasteiger partial charge < -0.3 is 4.90 Å². The number of benzene rings is 5. The molecule has 1 unspecified atom stereocenters. The maximum absolute atomic E-state index is 5.27. The molecule has 1 aliphatic rings. The van der Waals surface area contributed by atoms with Gasteiger partial charge in [0.05, 0.1) is 23.1 Å². The molecule has 0 spiro atoms. The van der Waals surface area contributed by atoms with Crippen molar-refractivity contribution in [3.8, 4) is 0 Å². The lowest BCUT2D eigenvalue weighted by molar-refractivity contribution is 0.780. The van der Waals surface area contributed by atoms with Crippen LogP contribution in [0.25, 0.3) is 10.8 Å². The molecule has 6 rings (SSSR count). The van der Waals surface area contributed by atoms with Gasteiger partial charge in [0, 0.05) is 10.9 Å². The van der Waals surface area contributed by atoms with Crippen LogP contribution >= 0.6 is 0 Å². The lowest BCUT2D eigenvalue weighted by Gasteiger charge is -2.40. The second-order valence-electron chi connectivity index (χ2n) is 8.55. The van der Waals surface area contributed by atoms with Crippen LogP contribution in [0.3, 0.4) is 0 Å². The summed E-state index contributed by atoms with van der Waals surface area (Å²) in [6.07, 6.45) is 0. The Hall–Kier alpha value is -4.37. The summed E-state index contributed by atoms with van der Waals surface area (Å²) in [5.74, 6) is 0.935. The Morgan fingerprint density at radius 1 is 0.618 bits per heavy atom. The monoisotopic (exact) mass is 439 g/mol. The van der Waals surface area contributed by atoms with Crippen LogP contribution in [0.1, 0.15) is 24.1 Å². The Labute approximate surface area is 200 Å². The molecule has 0 saturated heterocycles. The Kier molecular flexibility index (Phi) is 5.08. The zero-order chi connectivity index (χ0) is 22.9. The van der Waals surface area contributed by atoms with Gasteiger partial charge in [-0.25, -0.2) is 5.01 Å². The molecule has 3 nitrogen and oxygen atoms in total. The third-order valence-electron chi connectivity index (χ3n) is 6.47. The van der Waals surface area contributed by atoms with Crippen LogP contribution in [0, 0.1) is 0 Å². The van der Waals surface area contributed by atoms with Gasteiger partial charge in [0.2, 0.25) is 0 Å². The van der Waals surface area contributed by atoms with E-state index in [0.717, 1.165) is 22.8 Å². The van der Waals surface area contributed by atoms with Crippen molar-refractivity contribution in [2.45, 2.75) is 13.0 Å². The topological polar surface area (TPSA) is 18.8 Å². The molecule has 0 saturated carbocycles. The summed E-state index contributed by atoms with van der Waals surface area (Å²) in [6, 6.07) is 44.7. The fraction of sp³-hybridized carbons (Fsp3) is 0.0645. The number of hydrogen-bond acceptors (Lipinski definition) is 3. The van der Waals surface area contributed by atoms with E-state index < -0.39 is 0 Å². The van der Waals surface area contributed by atoms with Gasteiger partial charge in [-0.1, -0.05) is 109 Å². The van der Waals surface area contributed by atoms with E-state index in [4.69, 9.17) is 5.10 Å². The summed E-state index contributed by atoms with van der Waals surface area (Å²) in [5, 5.41) is 9.79. The van der Waals surface area contributed by atoms with Crippen LogP contribution in [0.5, 0.6) is 0 Å². The lowest BCUT2D eigenvalue weighted by atomic mass is 9.99. The summed E-state index contributed by atoms with van der Waals surface area (Å²) in [5.41, 5.74) is 5.63. The average Bonchev–Trinajstić information content (AvgIpc) is 2.93. The maximum Gasteiger partial charge on any atom is 0.161 e. The number of rotatable bonds is 4. The normalized spacial score (nSPS) is 14.0. The van der Waals surface area contributed by atoms with Crippen molar-refractivity contribution in [3.63, 3.8) is 0 Å². The molecule has 0 fully saturated rings. The van der Waals surface area contributed by atoms with Gasteiger partial charge in [0.15, 0.2) is 5.84 Å². The smallest absolute Gasteiger partial charge is 0.161 e. The number of fused-ring (bicyclic) bond motifs is 3. The number of anilines is 3. The number of para-hydroxylation sites is 1. The Morgan fingerprint density at radius 2 is 1.24 bits per heavy atom. The predicted molar refractivity (Wildman–Crippen MR) is 143 cm³/mol. The zero-order valence-corrected chi connectivity index (χ0v) is 19.0. The highest BCUT2D eigenvalue weighted by molar-refractivity contribution is 6.19. The number of hydrogen-bond donors (Lipinski definition) is 0. The van der Waals surface area contributed by atoms with Gasteiger partial charge in [-0.15, -0.1) is 5.10 Å². The minimum Gasteiger partial charge on any atom is -0.315 e. The molecule has 0 radical (unpaired) electrons. The third kappa shape index (κ3) is 3.43. The van der Waals surface area contributed by atoms with Crippen molar-refractivity contribution in [2.75, 3.05) is 9.91 Å². The van der Waals surface area contributed by atoms with Crippen molar-refractivity contribution in [1.82, 2.24) is 0 Å². The standard InChI is InChI=1S/C31H25N3/c1-23(24-13-5-2-6-14-24)33-30-28-20-12-11-15-25(28)21-22-29(30)34(27-18-9-4-10-19-27)32-31(33)26-16-7-3-8-17-26/h2-23H,1H3. The van der Waals surface area contributed by atoms with Crippen molar-refractivity contribution < 1.29 is 0 Å². The van der Waals surface area contributed by atoms with E-state index >= 15 is 0 Å². The first-order valence-electron chi connectivity index (χ1n) is 11.7. The first kappa shape index (κ1) is 20.3. The molecule has 0 bridgehead atoms. The molecule has 0 N–H and O–H groups in total. The summed E-state index contributed by atoms with van der Waals surface area (Å²) in [6.45, 7) is 2.26. The molecule has 0 aromatic heterocycles. The van der Waals surface area contributed by atoms with Crippen molar-refractivity contribution in [3.05, 3.63) is 139 Å². The van der Waals surface area contributed by atoms with E-state index in [0.29, 0.717) is 0 Å². The molecule has 5 aromatic rings. The summed E-state index contributed by atoms with van der Waals surface area (Å²) in [7, 11) is 0. The average molecular weight is 440 g/mol. The molecule has 0 amide bonds. The summed E-state index contributed by atoms with van der Waals surface area (Å²) < 4.78 is 0. The van der Waals surface area contributed by atoms with Crippen molar-refractivity contribution in [2.24, 2.45) is 5.10 Å². The minimum atomic E-state index is 0.0858. The SMILES string of the molecule is CC(c1ccccc1)N1C(c2ccccc2)=NN(c2ccccc2)c2ccc3ccccc3c21. The molecular weight excluding hydrogens is 414 g/mol. The molecule has 1 heterocycles. The van der Waals surface area contributed by atoms with Crippen molar-refractivity contribution >= 4 is 33.7 Å². The Balaban J connectivity index is 1.67. The summed E-state index contributed by atoms with van der Waals surface area (Å²) >= 11 is 0. The fourth-order valence-electron chi connectivity index (χ4n) is 4.78. The molecule has 5 aromatic carbocycles. The molecule has 0 aliphatic carbocycles. The maximum atomic E-state index is 5.27. The second-order valence-corrected chi connectivity index (χ2v) is 8.55. The molecule has 1 aliphatic heterocycles. The molecule has 34 heavy (non-hydrogen) atoms. The number of nitrogens with zero attached hydrogens (tertiary/aromatic N) is 3. The predicted octanol–water partition coefficient (Wildman–Crippen LogP) is 7.92. The van der Waals surface area contributed by atoms with Crippen LogP contribution in [-0.4, -0.2) is 5.84 Å². The van der Waals surface area contributed by atoms with Crippen LogP contribution in [0.2, 0.25) is 0 Å². The van der Waals surface area contributed by atoms with Crippen LogP contribution in [-0.2, 0) is 0 Å². The van der Waals surface area contributed by atoms with Gasteiger partial charge >= 0.3 is 0 Å². The molecule has 1 atom stereocenters. The fourth-order valence-corrected chi connectivity index (χ4v) is 4.78. The van der Waals surface area contributed by atoms with E-state index in [1.807, 2.05) is 6.07 Å². The van der Waals surface area contributed by atoms with Gasteiger partial charge in [0.1, 0.15) is 0 Å². The first-order valence-corrected chi connectivity index (χ1v) is 11.7. The Morgan fingerprint density at radius 3 is 1.97 bits per heavy atom. The van der Waals surface area contributed by atoms with Crippen molar-refractivity contribution in [1.29, 1.82) is 0 Å². The minimum absolute atomic E-state index is 0.0858. The Bertz CT molecular complexity index is 1460. The molecule has 3 heteroatoms. The van der Waals surface area contributed by atoms with Crippen LogP contribution in [0.4, 0.5) is 17.1 Å². The van der Waals surface area contributed by atoms with Crippen LogP contribution < -0.4 is 9.91 Å². The lowest BCUT2D eigenvalue weighted by Crippen LogP contribution is -2.40. The van der Waals surface area contributed by atoms with E-state index in [2.05, 4.69) is 138 Å². The first-order chi connectivity index (χ1) is 16.8. The van der Waals surface area contributed by atoms with Gasteiger partial charge in [-0.05, 0) is 36.1 Å². The zero-order valence-electron chi connectivity index (χ0n) is 19.0. The molecule has 164 valence electrons. The van der Waals surface area contributed by atoms with E-state index in [1.165, 1.54) is 22.0 Å². The number of amidine groups is 1. The van der Waals surface area contributed by atoms with E-state index in [1.54, 1.807) is 0 Å². The van der Waals surface area contributed by atoms with Crippen LogP contribution in [0.15, 0.2) is 132 Å².